The van der Waals surface area contributed by atoms with E-state index in [9.17, 15) is 5.11 Å². The minimum absolute atomic E-state index is 0.193. The number of hydrogen-bond acceptors (Lipinski definition) is 1. The summed E-state index contributed by atoms with van der Waals surface area (Å²) >= 11 is 0. The first-order chi connectivity index (χ1) is 9.08. The Kier molecular flexibility index (Phi) is 7.15. The molecule has 1 aromatic carbocycles. The Labute approximate surface area is 119 Å². The maximum Gasteiger partial charge on any atom is 0.0608 e. The second kappa shape index (κ2) is 8.37. The molecule has 0 bridgehead atoms. The van der Waals surface area contributed by atoms with E-state index in [-0.39, 0.29) is 6.10 Å². The monoisotopic (exact) mass is 262 g/mol. The molecule has 0 saturated carbocycles. The van der Waals surface area contributed by atoms with E-state index in [1.807, 2.05) is 0 Å². The fraction of sp³-hybridized carbons (Fsp3) is 0.667. The predicted octanol–water partition coefficient (Wildman–Crippen LogP) is 4.93. The van der Waals surface area contributed by atoms with Crippen LogP contribution in [0.5, 0.6) is 0 Å². The lowest BCUT2D eigenvalue weighted by atomic mass is 9.89. The van der Waals surface area contributed by atoms with Gasteiger partial charge in [0.05, 0.1) is 6.10 Å². The maximum absolute atomic E-state index is 10.4. The molecule has 1 N–H and O–H groups in total. The molecule has 0 radical (unpaired) electrons. The highest BCUT2D eigenvalue weighted by Gasteiger charge is 2.17. The maximum atomic E-state index is 10.4. The highest BCUT2D eigenvalue weighted by atomic mass is 16.3. The van der Waals surface area contributed by atoms with Crippen LogP contribution in [0, 0.1) is 5.92 Å². The standard InChI is InChI=1S/C18H30O/c1-5-7-8-16(6-2)18(19)13-15-9-11-17(12-10-15)14(3)4/h9-12,14,16,18-19H,5-8,13H2,1-4H3. The Bertz CT molecular complexity index is 339. The number of rotatable bonds is 8. The van der Waals surface area contributed by atoms with E-state index in [2.05, 4.69) is 52.0 Å². The van der Waals surface area contributed by atoms with Crippen molar-refractivity contribution in [3.05, 3.63) is 35.4 Å². The Morgan fingerprint density at radius 2 is 1.68 bits per heavy atom. The van der Waals surface area contributed by atoms with E-state index >= 15 is 0 Å². The van der Waals surface area contributed by atoms with E-state index in [0.717, 1.165) is 19.3 Å². The van der Waals surface area contributed by atoms with Crippen LogP contribution in [0.3, 0.4) is 0 Å². The Morgan fingerprint density at radius 3 is 2.16 bits per heavy atom. The van der Waals surface area contributed by atoms with Gasteiger partial charge in [-0.1, -0.05) is 71.2 Å². The van der Waals surface area contributed by atoms with Gasteiger partial charge >= 0.3 is 0 Å². The van der Waals surface area contributed by atoms with Crippen molar-refractivity contribution in [2.45, 2.75) is 71.8 Å². The molecule has 0 aliphatic heterocycles. The van der Waals surface area contributed by atoms with Crippen molar-refractivity contribution < 1.29 is 5.11 Å². The van der Waals surface area contributed by atoms with E-state index in [1.165, 1.54) is 24.0 Å². The van der Waals surface area contributed by atoms with Gasteiger partial charge in [-0.05, 0) is 35.8 Å². The first-order valence-electron chi connectivity index (χ1n) is 7.85. The lowest BCUT2D eigenvalue weighted by Gasteiger charge is -2.21. The van der Waals surface area contributed by atoms with Gasteiger partial charge in [0.25, 0.3) is 0 Å². The van der Waals surface area contributed by atoms with Crippen molar-refractivity contribution in [2.75, 3.05) is 0 Å². The summed E-state index contributed by atoms with van der Waals surface area (Å²) in [6.45, 7) is 8.82. The summed E-state index contributed by atoms with van der Waals surface area (Å²) in [4.78, 5) is 0. The number of aliphatic hydroxyl groups is 1. The molecule has 0 aromatic heterocycles. The molecule has 2 unspecified atom stereocenters. The van der Waals surface area contributed by atoms with Gasteiger partial charge < -0.3 is 5.11 Å². The van der Waals surface area contributed by atoms with Gasteiger partial charge in [0.15, 0.2) is 0 Å². The van der Waals surface area contributed by atoms with Crippen LogP contribution in [0.2, 0.25) is 0 Å². The van der Waals surface area contributed by atoms with Crippen molar-refractivity contribution in [3.8, 4) is 0 Å². The number of hydrogen-bond donors (Lipinski definition) is 1. The second-order valence-corrected chi connectivity index (χ2v) is 5.98. The van der Waals surface area contributed by atoms with Crippen molar-refractivity contribution >= 4 is 0 Å². The predicted molar refractivity (Wildman–Crippen MR) is 83.5 cm³/mol. The molecular weight excluding hydrogens is 232 g/mol. The summed E-state index contributed by atoms with van der Waals surface area (Å²) in [5.41, 5.74) is 2.63. The smallest absolute Gasteiger partial charge is 0.0608 e. The molecule has 1 rings (SSSR count). The molecule has 108 valence electrons. The third-order valence-electron chi connectivity index (χ3n) is 4.09. The Morgan fingerprint density at radius 1 is 1.05 bits per heavy atom. The molecule has 0 spiro atoms. The fourth-order valence-electron chi connectivity index (χ4n) is 2.58. The molecule has 1 heteroatoms. The normalized spacial score (nSPS) is 14.6. The van der Waals surface area contributed by atoms with Crippen LogP contribution in [0.15, 0.2) is 24.3 Å². The molecule has 0 aliphatic rings. The second-order valence-electron chi connectivity index (χ2n) is 5.98. The molecule has 0 aliphatic carbocycles. The molecule has 1 aromatic rings. The average Bonchev–Trinajstić information content (AvgIpc) is 2.40. The highest BCUT2D eigenvalue weighted by Crippen LogP contribution is 2.21. The summed E-state index contributed by atoms with van der Waals surface area (Å²) in [5, 5.41) is 10.4. The van der Waals surface area contributed by atoms with Gasteiger partial charge in [-0.15, -0.1) is 0 Å². The van der Waals surface area contributed by atoms with Gasteiger partial charge in [-0.2, -0.15) is 0 Å². The van der Waals surface area contributed by atoms with Gasteiger partial charge in [-0.25, -0.2) is 0 Å². The van der Waals surface area contributed by atoms with E-state index in [4.69, 9.17) is 0 Å². The van der Waals surface area contributed by atoms with Crippen LogP contribution < -0.4 is 0 Å². The molecule has 19 heavy (non-hydrogen) atoms. The van der Waals surface area contributed by atoms with Crippen molar-refractivity contribution in [3.63, 3.8) is 0 Å². The average molecular weight is 262 g/mol. The fourth-order valence-corrected chi connectivity index (χ4v) is 2.58. The van der Waals surface area contributed by atoms with Crippen LogP contribution in [0.25, 0.3) is 0 Å². The SMILES string of the molecule is CCCCC(CC)C(O)Cc1ccc(C(C)C)cc1. The quantitative estimate of drug-likeness (QED) is 0.704. The topological polar surface area (TPSA) is 20.2 Å². The van der Waals surface area contributed by atoms with Crippen LogP contribution in [0.1, 0.15) is 70.4 Å². The summed E-state index contributed by atoms with van der Waals surface area (Å²) < 4.78 is 0. The Hall–Kier alpha value is -0.820. The van der Waals surface area contributed by atoms with Crippen LogP contribution in [-0.2, 0) is 6.42 Å². The highest BCUT2D eigenvalue weighted by molar-refractivity contribution is 5.25. The van der Waals surface area contributed by atoms with Gasteiger partial charge in [-0.3, -0.25) is 0 Å². The lowest BCUT2D eigenvalue weighted by molar-refractivity contribution is 0.0987. The van der Waals surface area contributed by atoms with Gasteiger partial charge in [0, 0.05) is 0 Å². The minimum atomic E-state index is -0.193. The molecule has 0 saturated heterocycles. The third kappa shape index (κ3) is 5.36. The van der Waals surface area contributed by atoms with Crippen LogP contribution >= 0.6 is 0 Å². The lowest BCUT2D eigenvalue weighted by Crippen LogP contribution is -2.22. The van der Waals surface area contributed by atoms with Gasteiger partial charge in [0.1, 0.15) is 0 Å². The van der Waals surface area contributed by atoms with Crippen LogP contribution in [-0.4, -0.2) is 11.2 Å². The van der Waals surface area contributed by atoms with E-state index in [0.29, 0.717) is 11.8 Å². The van der Waals surface area contributed by atoms with Gasteiger partial charge in [0.2, 0.25) is 0 Å². The van der Waals surface area contributed by atoms with Crippen molar-refractivity contribution in [2.24, 2.45) is 5.92 Å². The van der Waals surface area contributed by atoms with E-state index < -0.39 is 0 Å². The molecule has 0 heterocycles. The molecule has 1 nitrogen and oxygen atoms in total. The first-order valence-corrected chi connectivity index (χ1v) is 7.85. The zero-order valence-electron chi connectivity index (χ0n) is 13.0. The van der Waals surface area contributed by atoms with E-state index in [1.54, 1.807) is 0 Å². The zero-order valence-corrected chi connectivity index (χ0v) is 13.0. The largest absolute Gasteiger partial charge is 0.392 e. The molecule has 0 amide bonds. The molecule has 0 fully saturated rings. The van der Waals surface area contributed by atoms with Crippen LogP contribution in [0.4, 0.5) is 0 Å². The number of benzene rings is 1. The summed E-state index contributed by atoms with van der Waals surface area (Å²) in [6.07, 6.45) is 5.26. The molecular formula is C18H30O. The Balaban J connectivity index is 2.57. The third-order valence-corrected chi connectivity index (χ3v) is 4.09. The zero-order chi connectivity index (χ0) is 14.3. The summed E-state index contributed by atoms with van der Waals surface area (Å²) in [5.74, 6) is 1.02. The summed E-state index contributed by atoms with van der Waals surface area (Å²) in [6, 6.07) is 8.73. The minimum Gasteiger partial charge on any atom is -0.392 e. The van der Waals surface area contributed by atoms with Crippen molar-refractivity contribution in [1.82, 2.24) is 0 Å². The van der Waals surface area contributed by atoms with Crippen molar-refractivity contribution in [1.29, 1.82) is 0 Å². The summed E-state index contributed by atoms with van der Waals surface area (Å²) in [7, 11) is 0. The number of unbranched alkanes of at least 4 members (excludes halogenated alkanes) is 1. The first kappa shape index (κ1) is 16.2. The number of aliphatic hydroxyl groups excluding tert-OH is 1. The molecule has 2 atom stereocenters.